The number of β-amino-alcohol motifs (C(OH)–C–C–N with tert-alkyl or cyclic N) is 1. The van der Waals surface area contributed by atoms with Gasteiger partial charge in [0.1, 0.15) is 11.8 Å². The molecule has 0 bridgehead atoms. The molecule has 1 fully saturated rings. The van der Waals surface area contributed by atoms with Crippen LogP contribution in [-0.2, 0) is 13.1 Å². The lowest BCUT2D eigenvalue weighted by molar-refractivity contribution is 0.0946. The summed E-state index contributed by atoms with van der Waals surface area (Å²) in [4.78, 5) is 18.4. The molecule has 6 nitrogen and oxygen atoms in total. The van der Waals surface area contributed by atoms with Gasteiger partial charge < -0.3 is 10.4 Å². The summed E-state index contributed by atoms with van der Waals surface area (Å²) in [5.41, 5.74) is 2.91. The molecule has 2 N–H and O–H groups in total. The summed E-state index contributed by atoms with van der Waals surface area (Å²) in [5.74, 6) is -0.268. The maximum Gasteiger partial charge on any atom is 0.270 e. The zero-order chi connectivity index (χ0) is 17.6. The summed E-state index contributed by atoms with van der Waals surface area (Å²) in [5, 5.41) is 21.3. The predicted molar refractivity (Wildman–Crippen MR) is 92.5 cm³/mol. The third-order valence-electron chi connectivity index (χ3n) is 4.32. The molecular formula is C19H20N4O2. The number of likely N-dealkylation sites (tertiary alicyclic amines) is 1. The molecular weight excluding hydrogens is 316 g/mol. The Morgan fingerprint density at radius 1 is 1.32 bits per heavy atom. The minimum Gasteiger partial charge on any atom is -0.392 e. The lowest BCUT2D eigenvalue weighted by Crippen LogP contribution is -2.26. The van der Waals surface area contributed by atoms with Crippen LogP contribution in [0.4, 0.5) is 0 Å². The summed E-state index contributed by atoms with van der Waals surface area (Å²) >= 11 is 0. The molecule has 1 atom stereocenters. The fourth-order valence-corrected chi connectivity index (χ4v) is 2.94. The van der Waals surface area contributed by atoms with E-state index in [-0.39, 0.29) is 12.0 Å². The van der Waals surface area contributed by atoms with Crippen molar-refractivity contribution in [3.05, 3.63) is 65.0 Å². The molecule has 2 heterocycles. The molecule has 128 valence electrons. The lowest BCUT2D eigenvalue weighted by Gasteiger charge is -2.18. The Labute approximate surface area is 146 Å². The van der Waals surface area contributed by atoms with E-state index in [0.29, 0.717) is 24.3 Å². The van der Waals surface area contributed by atoms with Crippen molar-refractivity contribution in [1.29, 1.82) is 5.26 Å². The van der Waals surface area contributed by atoms with Gasteiger partial charge in [-0.15, -0.1) is 0 Å². The highest BCUT2D eigenvalue weighted by atomic mass is 16.3. The first-order valence-electron chi connectivity index (χ1n) is 8.27. The largest absolute Gasteiger partial charge is 0.392 e. The van der Waals surface area contributed by atoms with E-state index in [1.807, 2.05) is 30.3 Å². The van der Waals surface area contributed by atoms with Crippen LogP contribution in [0.2, 0.25) is 0 Å². The fraction of sp³-hybridized carbons (Fsp3) is 0.316. The lowest BCUT2D eigenvalue weighted by atomic mass is 10.1. The van der Waals surface area contributed by atoms with Crippen LogP contribution in [0.3, 0.4) is 0 Å². The minimum absolute atomic E-state index is 0.241. The fourth-order valence-electron chi connectivity index (χ4n) is 2.94. The molecule has 6 heteroatoms. The highest BCUT2D eigenvalue weighted by Crippen LogP contribution is 2.16. The molecule has 0 saturated carbocycles. The molecule has 25 heavy (non-hydrogen) atoms. The molecule has 1 aromatic carbocycles. The van der Waals surface area contributed by atoms with Gasteiger partial charge in [0.25, 0.3) is 5.91 Å². The van der Waals surface area contributed by atoms with Gasteiger partial charge in [-0.1, -0.05) is 24.3 Å². The second kappa shape index (κ2) is 7.88. The second-order valence-corrected chi connectivity index (χ2v) is 6.17. The van der Waals surface area contributed by atoms with Crippen molar-refractivity contribution in [3.8, 4) is 6.07 Å². The number of carbonyl (C=O) groups is 1. The summed E-state index contributed by atoms with van der Waals surface area (Å²) in [6.45, 7) is 2.75. The maximum atomic E-state index is 12.2. The van der Waals surface area contributed by atoms with Gasteiger partial charge in [0.05, 0.1) is 11.7 Å². The molecule has 1 aliphatic rings. The number of nitriles is 1. The molecule has 1 saturated heterocycles. The van der Waals surface area contributed by atoms with E-state index < -0.39 is 0 Å². The van der Waals surface area contributed by atoms with E-state index >= 15 is 0 Å². The Morgan fingerprint density at radius 2 is 2.12 bits per heavy atom. The van der Waals surface area contributed by atoms with Crippen molar-refractivity contribution in [2.45, 2.75) is 25.6 Å². The van der Waals surface area contributed by atoms with Crippen LogP contribution >= 0.6 is 0 Å². The number of benzene rings is 1. The number of aliphatic hydroxyl groups is 1. The molecule has 0 radical (unpaired) electrons. The summed E-state index contributed by atoms with van der Waals surface area (Å²) in [6, 6.07) is 13.1. The SMILES string of the molecule is N#Cc1ccc(C(=O)NCc2ccccc2CN2CCC(O)C2)nc1. The van der Waals surface area contributed by atoms with Gasteiger partial charge in [-0.05, 0) is 29.7 Å². The van der Waals surface area contributed by atoms with E-state index in [1.165, 1.54) is 6.20 Å². The second-order valence-electron chi connectivity index (χ2n) is 6.17. The summed E-state index contributed by atoms with van der Waals surface area (Å²) in [7, 11) is 0. The molecule has 2 aromatic rings. The Hall–Kier alpha value is -2.75. The van der Waals surface area contributed by atoms with Crippen LogP contribution < -0.4 is 5.32 Å². The average Bonchev–Trinajstić information content (AvgIpc) is 3.05. The summed E-state index contributed by atoms with van der Waals surface area (Å²) in [6.07, 6.45) is 1.96. The van der Waals surface area contributed by atoms with Gasteiger partial charge in [0.2, 0.25) is 0 Å². The molecule has 1 aromatic heterocycles. The molecule has 1 aliphatic heterocycles. The summed E-state index contributed by atoms with van der Waals surface area (Å²) < 4.78 is 0. The quantitative estimate of drug-likeness (QED) is 0.863. The van der Waals surface area contributed by atoms with Crippen LogP contribution in [-0.4, -0.2) is 40.1 Å². The van der Waals surface area contributed by atoms with Crippen molar-refractivity contribution in [1.82, 2.24) is 15.2 Å². The highest BCUT2D eigenvalue weighted by Gasteiger charge is 2.20. The average molecular weight is 336 g/mol. The zero-order valence-corrected chi connectivity index (χ0v) is 13.9. The van der Waals surface area contributed by atoms with Gasteiger partial charge >= 0.3 is 0 Å². The van der Waals surface area contributed by atoms with Gasteiger partial charge in [-0.2, -0.15) is 5.26 Å². The van der Waals surface area contributed by atoms with Gasteiger partial charge in [-0.25, -0.2) is 4.98 Å². The number of aromatic nitrogens is 1. The first-order valence-corrected chi connectivity index (χ1v) is 8.27. The Balaban J connectivity index is 1.62. The number of rotatable bonds is 5. The highest BCUT2D eigenvalue weighted by molar-refractivity contribution is 5.92. The normalized spacial score (nSPS) is 17.2. The van der Waals surface area contributed by atoms with Crippen molar-refractivity contribution in [3.63, 3.8) is 0 Å². The van der Waals surface area contributed by atoms with Crippen LogP contribution in [0, 0.1) is 11.3 Å². The number of amides is 1. The van der Waals surface area contributed by atoms with Crippen LogP contribution in [0.5, 0.6) is 0 Å². The molecule has 1 unspecified atom stereocenters. The first kappa shape index (κ1) is 17.1. The van der Waals surface area contributed by atoms with E-state index in [4.69, 9.17) is 5.26 Å². The van der Waals surface area contributed by atoms with Crippen LogP contribution in [0.15, 0.2) is 42.6 Å². The molecule has 1 amide bonds. The number of nitrogens with one attached hydrogen (secondary N) is 1. The van der Waals surface area contributed by atoms with Crippen molar-refractivity contribution in [2.24, 2.45) is 0 Å². The molecule has 3 rings (SSSR count). The van der Waals surface area contributed by atoms with E-state index in [9.17, 15) is 9.90 Å². The zero-order valence-electron chi connectivity index (χ0n) is 13.9. The Kier molecular flexibility index (Phi) is 5.39. The Bertz CT molecular complexity index is 783. The van der Waals surface area contributed by atoms with Crippen molar-refractivity contribution >= 4 is 5.91 Å². The smallest absolute Gasteiger partial charge is 0.270 e. The van der Waals surface area contributed by atoms with E-state index in [1.54, 1.807) is 12.1 Å². The number of hydrogen-bond donors (Lipinski definition) is 2. The van der Waals surface area contributed by atoms with E-state index in [0.717, 1.165) is 30.6 Å². The van der Waals surface area contributed by atoms with E-state index in [2.05, 4.69) is 15.2 Å². The molecule has 0 spiro atoms. The third-order valence-corrected chi connectivity index (χ3v) is 4.32. The monoisotopic (exact) mass is 336 g/mol. The number of hydrogen-bond acceptors (Lipinski definition) is 5. The van der Waals surface area contributed by atoms with Crippen LogP contribution in [0.1, 0.15) is 33.6 Å². The molecule has 0 aliphatic carbocycles. The van der Waals surface area contributed by atoms with Crippen molar-refractivity contribution < 1.29 is 9.90 Å². The Morgan fingerprint density at radius 3 is 2.76 bits per heavy atom. The minimum atomic E-state index is -0.268. The van der Waals surface area contributed by atoms with Crippen LogP contribution in [0.25, 0.3) is 0 Å². The number of pyridine rings is 1. The topological polar surface area (TPSA) is 89.2 Å². The van der Waals surface area contributed by atoms with Gasteiger partial charge in [-0.3, -0.25) is 9.69 Å². The third kappa shape index (κ3) is 4.41. The van der Waals surface area contributed by atoms with Gasteiger partial charge in [0, 0.05) is 32.4 Å². The van der Waals surface area contributed by atoms with Gasteiger partial charge in [0.15, 0.2) is 0 Å². The maximum absolute atomic E-state index is 12.2. The number of aliphatic hydroxyl groups excluding tert-OH is 1. The number of carbonyl (C=O) groups excluding carboxylic acids is 1. The first-order chi connectivity index (χ1) is 12.2. The standard InChI is InChI=1S/C19H20N4O2/c20-9-14-5-6-18(21-10-14)19(25)22-11-15-3-1-2-4-16(15)12-23-8-7-17(24)13-23/h1-6,10,17,24H,7-8,11-13H2,(H,22,25). The van der Waals surface area contributed by atoms with Crippen molar-refractivity contribution in [2.75, 3.05) is 13.1 Å². The number of nitrogens with zero attached hydrogens (tertiary/aromatic N) is 3. The predicted octanol–water partition coefficient (Wildman–Crippen LogP) is 1.45.